The summed E-state index contributed by atoms with van der Waals surface area (Å²) in [5.41, 5.74) is 1.22. The molecule has 162 valence electrons. The summed E-state index contributed by atoms with van der Waals surface area (Å²) < 4.78 is 13.4. The van der Waals surface area contributed by atoms with E-state index in [2.05, 4.69) is 27.2 Å². The molecule has 31 heavy (non-hydrogen) atoms. The van der Waals surface area contributed by atoms with E-state index in [9.17, 15) is 9.18 Å². The first-order valence-electron chi connectivity index (χ1n) is 10.2. The fraction of sp³-hybridized carbons (Fsp3) is 0.364. The first kappa shape index (κ1) is 21.6. The summed E-state index contributed by atoms with van der Waals surface area (Å²) in [6, 6.07) is 7.76. The summed E-state index contributed by atoms with van der Waals surface area (Å²) >= 11 is 7.40. The van der Waals surface area contributed by atoms with E-state index in [1.165, 1.54) is 23.5 Å². The van der Waals surface area contributed by atoms with Crippen LogP contribution in [0.4, 0.5) is 10.3 Å². The maximum atomic E-state index is 13.6. The van der Waals surface area contributed by atoms with E-state index in [0.29, 0.717) is 35.8 Å². The van der Waals surface area contributed by atoms with Crippen LogP contribution in [-0.4, -0.2) is 44.9 Å². The minimum atomic E-state index is -0.308. The Morgan fingerprint density at radius 2 is 2.06 bits per heavy atom. The van der Waals surface area contributed by atoms with E-state index in [1.807, 2.05) is 11.8 Å². The van der Waals surface area contributed by atoms with E-state index in [0.717, 1.165) is 28.3 Å². The van der Waals surface area contributed by atoms with Crippen molar-refractivity contribution in [3.8, 4) is 10.4 Å². The number of likely N-dealkylation sites (tertiary alicyclic amines) is 1. The third kappa shape index (κ3) is 4.85. The summed E-state index contributed by atoms with van der Waals surface area (Å²) in [6.45, 7) is 5.20. The number of piperidine rings is 1. The van der Waals surface area contributed by atoms with Gasteiger partial charge in [0.1, 0.15) is 16.7 Å². The predicted octanol–water partition coefficient (Wildman–Crippen LogP) is 5.05. The number of nitrogens with one attached hydrogen (secondary N) is 1. The van der Waals surface area contributed by atoms with Crippen LogP contribution in [0.5, 0.6) is 0 Å². The molecule has 0 saturated carbocycles. The molecule has 1 saturated heterocycles. The monoisotopic (exact) mass is 459 g/mol. The Kier molecular flexibility index (Phi) is 6.48. The maximum Gasteiger partial charge on any atom is 0.274 e. The molecule has 2 atom stereocenters. The highest BCUT2D eigenvalue weighted by molar-refractivity contribution is 7.15. The van der Waals surface area contributed by atoms with Crippen molar-refractivity contribution in [3.63, 3.8) is 0 Å². The van der Waals surface area contributed by atoms with Crippen molar-refractivity contribution in [2.24, 2.45) is 5.92 Å². The predicted molar refractivity (Wildman–Crippen MR) is 121 cm³/mol. The molecule has 1 amide bonds. The molecule has 6 nitrogen and oxygen atoms in total. The largest absolute Gasteiger partial charge is 0.352 e. The van der Waals surface area contributed by atoms with Gasteiger partial charge in [-0.05, 0) is 49.4 Å². The molecule has 1 N–H and O–H groups in total. The zero-order valence-corrected chi connectivity index (χ0v) is 18.9. The fourth-order valence-corrected chi connectivity index (χ4v) is 4.99. The lowest BCUT2D eigenvalue weighted by Crippen LogP contribution is -2.51. The Morgan fingerprint density at radius 1 is 1.29 bits per heavy atom. The fourth-order valence-electron chi connectivity index (χ4n) is 3.94. The third-order valence-corrected chi connectivity index (χ3v) is 6.74. The Labute approximate surface area is 189 Å². The Balaban J connectivity index is 1.59. The second-order valence-corrected chi connectivity index (χ2v) is 9.28. The van der Waals surface area contributed by atoms with Crippen molar-refractivity contribution in [1.82, 2.24) is 19.9 Å². The number of benzene rings is 1. The molecule has 3 aromatic rings. The SMILES string of the molecule is Cc1nc(C(=O)N2CCC[C@@H](C)C2CNc2nccc(Cl)n2)c(-c2ccc(F)cc2)s1. The first-order valence-corrected chi connectivity index (χ1v) is 11.4. The maximum absolute atomic E-state index is 13.6. The van der Waals surface area contributed by atoms with Gasteiger partial charge in [-0.15, -0.1) is 11.3 Å². The van der Waals surface area contributed by atoms with Gasteiger partial charge >= 0.3 is 0 Å². The lowest BCUT2D eigenvalue weighted by atomic mass is 9.90. The molecule has 1 unspecified atom stereocenters. The highest BCUT2D eigenvalue weighted by atomic mass is 35.5. The number of amides is 1. The van der Waals surface area contributed by atoms with Gasteiger partial charge in [0.2, 0.25) is 5.95 Å². The number of rotatable bonds is 5. The van der Waals surface area contributed by atoms with Gasteiger partial charge in [0.05, 0.1) is 15.9 Å². The van der Waals surface area contributed by atoms with Crippen LogP contribution in [0.3, 0.4) is 0 Å². The molecular formula is C22H23ClFN5OS. The van der Waals surface area contributed by atoms with E-state index in [1.54, 1.807) is 24.4 Å². The first-order chi connectivity index (χ1) is 14.9. The van der Waals surface area contributed by atoms with E-state index in [-0.39, 0.29) is 17.8 Å². The summed E-state index contributed by atoms with van der Waals surface area (Å²) in [5, 5.41) is 4.39. The number of aromatic nitrogens is 3. The highest BCUT2D eigenvalue weighted by Gasteiger charge is 2.34. The lowest BCUT2D eigenvalue weighted by Gasteiger charge is -2.40. The van der Waals surface area contributed by atoms with Gasteiger partial charge in [-0.1, -0.05) is 30.7 Å². The Bertz CT molecular complexity index is 1070. The highest BCUT2D eigenvalue weighted by Crippen LogP contribution is 2.33. The Hall–Kier alpha value is -2.58. The van der Waals surface area contributed by atoms with Gasteiger partial charge in [0, 0.05) is 19.3 Å². The molecule has 3 heterocycles. The molecule has 0 bridgehead atoms. The summed E-state index contributed by atoms with van der Waals surface area (Å²) in [7, 11) is 0. The topological polar surface area (TPSA) is 71.0 Å². The second-order valence-electron chi connectivity index (χ2n) is 7.69. The normalized spacial score (nSPS) is 18.8. The molecular weight excluding hydrogens is 437 g/mol. The number of thiazole rings is 1. The second kappa shape index (κ2) is 9.28. The average molecular weight is 460 g/mol. The number of aryl methyl sites for hydroxylation is 1. The van der Waals surface area contributed by atoms with Crippen LogP contribution in [0.1, 0.15) is 35.3 Å². The van der Waals surface area contributed by atoms with Gasteiger partial charge in [-0.25, -0.2) is 19.3 Å². The standard InChI is InChI=1S/C22H23ClFN5OS/c1-13-4-3-11-29(17(13)12-26-22-25-10-9-18(23)28-22)21(30)19-20(31-14(2)27-19)15-5-7-16(24)8-6-15/h5-10,13,17H,3-4,11-12H2,1-2H3,(H,25,26,28)/t13-,17?/m1/s1. The number of carbonyl (C=O) groups excluding carboxylic acids is 1. The van der Waals surface area contributed by atoms with Crippen LogP contribution in [0.25, 0.3) is 10.4 Å². The van der Waals surface area contributed by atoms with Crippen molar-refractivity contribution in [2.75, 3.05) is 18.4 Å². The number of halogens is 2. The Morgan fingerprint density at radius 3 is 2.81 bits per heavy atom. The van der Waals surface area contributed by atoms with Crippen molar-refractivity contribution < 1.29 is 9.18 Å². The van der Waals surface area contributed by atoms with Crippen LogP contribution in [-0.2, 0) is 0 Å². The molecule has 0 spiro atoms. The van der Waals surface area contributed by atoms with Crippen molar-refractivity contribution in [2.45, 2.75) is 32.7 Å². The van der Waals surface area contributed by atoms with E-state index < -0.39 is 0 Å². The molecule has 0 radical (unpaired) electrons. The van der Waals surface area contributed by atoms with Crippen molar-refractivity contribution >= 4 is 34.8 Å². The number of anilines is 1. The number of nitrogens with zero attached hydrogens (tertiary/aromatic N) is 4. The van der Waals surface area contributed by atoms with Gasteiger partial charge in [0.15, 0.2) is 0 Å². The third-order valence-electron chi connectivity index (χ3n) is 5.51. The smallest absolute Gasteiger partial charge is 0.274 e. The van der Waals surface area contributed by atoms with E-state index >= 15 is 0 Å². The molecule has 2 aromatic heterocycles. The van der Waals surface area contributed by atoms with Crippen LogP contribution in [0.2, 0.25) is 5.15 Å². The minimum absolute atomic E-state index is 0.0353. The molecule has 0 aliphatic carbocycles. The quantitative estimate of drug-likeness (QED) is 0.540. The van der Waals surface area contributed by atoms with Gasteiger partial charge < -0.3 is 10.2 Å². The molecule has 9 heteroatoms. The van der Waals surface area contributed by atoms with E-state index in [4.69, 9.17) is 11.6 Å². The number of hydrogen-bond donors (Lipinski definition) is 1. The summed E-state index contributed by atoms with van der Waals surface area (Å²) in [4.78, 5) is 29.2. The number of hydrogen-bond acceptors (Lipinski definition) is 6. The van der Waals surface area contributed by atoms with Crippen molar-refractivity contribution in [3.05, 3.63) is 58.2 Å². The molecule has 1 aromatic carbocycles. The zero-order valence-electron chi connectivity index (χ0n) is 17.3. The van der Waals surface area contributed by atoms with Gasteiger partial charge in [0.25, 0.3) is 5.91 Å². The van der Waals surface area contributed by atoms with Gasteiger partial charge in [-0.3, -0.25) is 4.79 Å². The lowest BCUT2D eigenvalue weighted by molar-refractivity contribution is 0.0535. The molecule has 1 fully saturated rings. The minimum Gasteiger partial charge on any atom is -0.352 e. The summed E-state index contributed by atoms with van der Waals surface area (Å²) in [6.07, 6.45) is 3.57. The molecule has 1 aliphatic rings. The summed E-state index contributed by atoms with van der Waals surface area (Å²) in [5.74, 6) is 0.332. The zero-order chi connectivity index (χ0) is 22.0. The number of carbonyl (C=O) groups is 1. The van der Waals surface area contributed by atoms with Crippen LogP contribution < -0.4 is 5.32 Å². The van der Waals surface area contributed by atoms with Crippen LogP contribution in [0, 0.1) is 18.7 Å². The average Bonchev–Trinajstić information content (AvgIpc) is 3.14. The van der Waals surface area contributed by atoms with Crippen molar-refractivity contribution in [1.29, 1.82) is 0 Å². The van der Waals surface area contributed by atoms with Gasteiger partial charge in [-0.2, -0.15) is 0 Å². The van der Waals surface area contributed by atoms with Crippen LogP contribution >= 0.6 is 22.9 Å². The molecule has 1 aliphatic heterocycles. The molecule has 4 rings (SSSR count). The van der Waals surface area contributed by atoms with Crippen LogP contribution in [0.15, 0.2) is 36.5 Å².